The fourth-order valence-electron chi connectivity index (χ4n) is 3.30. The zero-order valence-electron chi connectivity index (χ0n) is 18.6. The van der Waals surface area contributed by atoms with Crippen molar-refractivity contribution in [1.82, 2.24) is 10.6 Å². The highest BCUT2D eigenvalue weighted by molar-refractivity contribution is 5.95. The smallest absolute Gasteiger partial charge is 0.344 e. The van der Waals surface area contributed by atoms with Crippen molar-refractivity contribution in [3.63, 3.8) is 0 Å². The van der Waals surface area contributed by atoms with Crippen molar-refractivity contribution in [3.8, 4) is 0 Å². The van der Waals surface area contributed by atoms with Crippen molar-refractivity contribution < 1.29 is 36.3 Å². The molecule has 2 amide bonds. The number of nitrogens with one attached hydrogen (secondary N) is 2. The number of carbonyl (C=O) groups excluding carboxylic acids is 3. The Bertz CT molecular complexity index is 989. The zero-order chi connectivity index (χ0) is 25.5. The molecular weight excluding hydrogens is 459 g/mol. The summed E-state index contributed by atoms with van der Waals surface area (Å²) in [6.07, 6.45) is -5.43. The summed E-state index contributed by atoms with van der Waals surface area (Å²) in [4.78, 5) is 37.1. The molecule has 0 aliphatic rings. The summed E-state index contributed by atoms with van der Waals surface area (Å²) >= 11 is 0. The topological polar surface area (TPSA) is 75.3 Å². The number of rotatable bonds is 10. The Kier molecular flexibility index (Phi) is 9.28. The van der Waals surface area contributed by atoms with Crippen LogP contribution in [0, 0.1) is 17.6 Å². The molecule has 0 saturated carbocycles. The summed E-state index contributed by atoms with van der Waals surface area (Å²) in [6, 6.07) is 8.18. The normalized spacial score (nSPS) is 13.3. The summed E-state index contributed by atoms with van der Waals surface area (Å²) < 4.78 is 65.6. The predicted molar refractivity (Wildman–Crippen MR) is 115 cm³/mol. The van der Waals surface area contributed by atoms with E-state index in [-0.39, 0.29) is 24.8 Å². The third-order valence-corrected chi connectivity index (χ3v) is 5.02. The van der Waals surface area contributed by atoms with Gasteiger partial charge < -0.3 is 10.6 Å². The number of benzene rings is 2. The van der Waals surface area contributed by atoms with Gasteiger partial charge in [0, 0.05) is 18.9 Å². The van der Waals surface area contributed by atoms with E-state index in [0.29, 0.717) is 11.6 Å². The monoisotopic (exact) mass is 484 g/mol. The second-order valence-corrected chi connectivity index (χ2v) is 8.18. The van der Waals surface area contributed by atoms with E-state index in [9.17, 15) is 36.3 Å². The molecule has 2 aromatic rings. The van der Waals surface area contributed by atoms with Crippen LogP contribution >= 0.6 is 0 Å². The van der Waals surface area contributed by atoms with Crippen molar-refractivity contribution in [2.45, 2.75) is 51.4 Å². The zero-order valence-corrected chi connectivity index (χ0v) is 18.6. The maximum Gasteiger partial charge on any atom is 0.452 e. The average molecular weight is 484 g/mol. The van der Waals surface area contributed by atoms with Crippen molar-refractivity contribution in [2.24, 2.45) is 5.92 Å². The number of alkyl halides is 3. The molecule has 34 heavy (non-hydrogen) atoms. The molecule has 0 spiro atoms. The minimum atomic E-state index is -5.14. The van der Waals surface area contributed by atoms with Crippen molar-refractivity contribution in [3.05, 3.63) is 71.3 Å². The van der Waals surface area contributed by atoms with Crippen molar-refractivity contribution >= 4 is 17.6 Å². The van der Waals surface area contributed by atoms with Gasteiger partial charge in [-0.2, -0.15) is 13.2 Å². The van der Waals surface area contributed by atoms with E-state index in [1.165, 1.54) is 13.8 Å². The predicted octanol–water partition coefficient (Wildman–Crippen LogP) is 3.90. The molecule has 0 radical (unpaired) electrons. The van der Waals surface area contributed by atoms with E-state index >= 15 is 0 Å². The molecule has 2 atom stereocenters. The number of aryl methyl sites for hydroxylation is 1. The van der Waals surface area contributed by atoms with Crippen molar-refractivity contribution in [2.75, 3.05) is 0 Å². The Morgan fingerprint density at radius 3 is 2.00 bits per heavy atom. The lowest BCUT2D eigenvalue weighted by Gasteiger charge is -2.25. The van der Waals surface area contributed by atoms with E-state index in [0.717, 1.165) is 12.1 Å². The minimum Gasteiger partial charge on any atom is -0.344 e. The van der Waals surface area contributed by atoms with Crippen LogP contribution in [0.1, 0.15) is 31.4 Å². The molecule has 0 fully saturated rings. The largest absolute Gasteiger partial charge is 0.452 e. The van der Waals surface area contributed by atoms with Crippen LogP contribution < -0.4 is 10.6 Å². The van der Waals surface area contributed by atoms with E-state index in [2.05, 4.69) is 10.6 Å². The minimum absolute atomic E-state index is 0.0264. The maximum absolute atomic E-state index is 13.3. The first-order chi connectivity index (χ1) is 15.9. The number of hydrogen-bond acceptors (Lipinski definition) is 3. The second-order valence-electron chi connectivity index (χ2n) is 8.18. The highest BCUT2D eigenvalue weighted by atomic mass is 19.4. The van der Waals surface area contributed by atoms with E-state index in [4.69, 9.17) is 0 Å². The lowest BCUT2D eigenvalue weighted by atomic mass is 9.98. The molecule has 2 unspecified atom stereocenters. The number of carbonyl (C=O) groups is 3. The van der Waals surface area contributed by atoms with Gasteiger partial charge in [0.2, 0.25) is 11.8 Å². The molecule has 0 aliphatic heterocycles. The van der Waals surface area contributed by atoms with Gasteiger partial charge in [-0.15, -0.1) is 0 Å². The van der Waals surface area contributed by atoms with Gasteiger partial charge in [-0.3, -0.25) is 14.4 Å². The van der Waals surface area contributed by atoms with Crippen LogP contribution in [0.5, 0.6) is 0 Å². The Morgan fingerprint density at radius 1 is 0.882 bits per heavy atom. The Morgan fingerprint density at radius 2 is 1.47 bits per heavy atom. The van der Waals surface area contributed by atoms with E-state index in [1.54, 1.807) is 30.3 Å². The van der Waals surface area contributed by atoms with Gasteiger partial charge in [0.15, 0.2) is 0 Å². The number of Topliss-reactive ketones (excluding diaryl/α,β-unsaturated/α-hetero) is 1. The molecule has 0 bridgehead atoms. The van der Waals surface area contributed by atoms with E-state index < -0.39 is 53.4 Å². The van der Waals surface area contributed by atoms with Crippen LogP contribution in [-0.4, -0.2) is 35.9 Å². The lowest BCUT2D eigenvalue weighted by Crippen LogP contribution is -2.56. The standard InChI is InChI=1S/C24H25F5N2O3/c1-14(2)21(22(33)24(27,28)29)31-23(34)19(12-15-6-4-3-5-7-15)30-20(32)9-8-16-10-17(25)13-18(26)11-16/h3-7,10-11,13-14,19,21H,8-9,12H2,1-2H3,(H,30,32)(H,31,34). The molecule has 184 valence electrons. The Hall–Kier alpha value is -3.30. The average Bonchev–Trinajstić information content (AvgIpc) is 2.74. The first-order valence-electron chi connectivity index (χ1n) is 10.6. The van der Waals surface area contributed by atoms with Gasteiger partial charge in [0.05, 0.1) is 6.04 Å². The molecule has 10 heteroatoms. The summed E-state index contributed by atoms with van der Waals surface area (Å²) in [5.41, 5.74) is 0.853. The SMILES string of the molecule is CC(C)C(NC(=O)C(Cc1ccccc1)NC(=O)CCc1cc(F)cc(F)c1)C(=O)C(F)(F)F. The summed E-state index contributed by atoms with van der Waals surface area (Å²) in [5, 5.41) is 4.57. The third kappa shape index (κ3) is 8.24. The van der Waals surface area contributed by atoms with E-state index in [1.807, 2.05) is 0 Å². The molecule has 0 saturated heterocycles. The van der Waals surface area contributed by atoms with Gasteiger partial charge in [0.25, 0.3) is 5.78 Å². The van der Waals surface area contributed by atoms with Crippen LogP contribution in [0.15, 0.2) is 48.5 Å². The molecule has 0 aromatic heterocycles. The van der Waals surface area contributed by atoms with Crippen LogP contribution in [-0.2, 0) is 27.2 Å². The van der Waals surface area contributed by atoms with Gasteiger partial charge in [-0.05, 0) is 35.6 Å². The molecule has 0 heterocycles. The number of hydrogen-bond donors (Lipinski definition) is 2. The quantitative estimate of drug-likeness (QED) is 0.503. The van der Waals surface area contributed by atoms with Crippen LogP contribution in [0.3, 0.4) is 0 Å². The molecule has 0 aliphatic carbocycles. The highest BCUT2D eigenvalue weighted by Crippen LogP contribution is 2.21. The Balaban J connectivity index is 2.15. The van der Waals surface area contributed by atoms with Gasteiger partial charge in [-0.25, -0.2) is 8.78 Å². The summed E-state index contributed by atoms with van der Waals surface area (Å²) in [5.74, 6) is -6.14. The first kappa shape index (κ1) is 26.9. The number of halogens is 5. The number of amides is 2. The van der Waals surface area contributed by atoms with Gasteiger partial charge in [-0.1, -0.05) is 44.2 Å². The molecule has 2 N–H and O–H groups in total. The fraction of sp³-hybridized carbons (Fsp3) is 0.375. The third-order valence-electron chi connectivity index (χ3n) is 5.02. The number of ketones is 1. The summed E-state index contributed by atoms with van der Waals surface area (Å²) in [7, 11) is 0. The van der Waals surface area contributed by atoms with Crippen molar-refractivity contribution in [1.29, 1.82) is 0 Å². The molecular formula is C24H25F5N2O3. The second kappa shape index (κ2) is 11.7. The van der Waals surface area contributed by atoms with Gasteiger partial charge >= 0.3 is 6.18 Å². The first-order valence-corrected chi connectivity index (χ1v) is 10.6. The maximum atomic E-state index is 13.3. The molecule has 2 rings (SSSR count). The summed E-state index contributed by atoms with van der Waals surface area (Å²) in [6.45, 7) is 2.72. The highest BCUT2D eigenvalue weighted by Gasteiger charge is 2.45. The van der Waals surface area contributed by atoms with Crippen LogP contribution in [0.4, 0.5) is 22.0 Å². The Labute approximate surface area is 193 Å². The lowest BCUT2D eigenvalue weighted by molar-refractivity contribution is -0.175. The van der Waals surface area contributed by atoms with Gasteiger partial charge in [0.1, 0.15) is 17.7 Å². The van der Waals surface area contributed by atoms with Crippen LogP contribution in [0.25, 0.3) is 0 Å². The molecule has 2 aromatic carbocycles. The van der Waals surface area contributed by atoms with Crippen LogP contribution in [0.2, 0.25) is 0 Å². The molecule has 5 nitrogen and oxygen atoms in total. The fourth-order valence-corrected chi connectivity index (χ4v) is 3.30.